The number of nitrogens with two attached hydrogens (primary N) is 4. The van der Waals surface area contributed by atoms with Crippen LogP contribution in [0.5, 0.6) is 0 Å². The Balaban J connectivity index is 6.80. The molecule has 28 nitrogen and oxygen atoms in total. The van der Waals surface area contributed by atoms with Crippen molar-refractivity contribution < 1.29 is 78.0 Å². The zero-order chi connectivity index (χ0) is 53.3. The van der Waals surface area contributed by atoms with Crippen LogP contribution in [0.4, 0.5) is 0 Å². The minimum Gasteiger partial charge on any atom is -0.481 e. The molecule has 8 amide bonds. The van der Waals surface area contributed by atoms with E-state index in [9.17, 15) is 72.9 Å². The molecule has 19 N–H and O–H groups in total. The van der Waals surface area contributed by atoms with Gasteiger partial charge in [-0.2, -0.15) is 0 Å². The molecule has 69 heavy (non-hydrogen) atoms. The van der Waals surface area contributed by atoms with Gasteiger partial charge in [0.15, 0.2) is 5.96 Å². The van der Waals surface area contributed by atoms with Crippen molar-refractivity contribution in [1.82, 2.24) is 37.2 Å². The number of carboxylic acid groups (broad SMARTS) is 4. The van der Waals surface area contributed by atoms with E-state index in [0.717, 1.165) is 0 Å². The van der Waals surface area contributed by atoms with Gasteiger partial charge in [0.05, 0.1) is 18.9 Å². The molecule has 28 heteroatoms. The molecule has 0 aromatic carbocycles. The lowest BCUT2D eigenvalue weighted by Gasteiger charge is -2.29. The van der Waals surface area contributed by atoms with Crippen molar-refractivity contribution in [1.29, 1.82) is 0 Å². The Bertz CT molecular complexity index is 1880. The van der Waals surface area contributed by atoms with E-state index in [2.05, 4.69) is 42.2 Å². The highest BCUT2D eigenvalue weighted by atomic mass is 16.4. The van der Waals surface area contributed by atoms with Gasteiger partial charge in [0, 0.05) is 19.4 Å². The Hall–Kier alpha value is -7.13. The molecule has 0 saturated heterocycles. The van der Waals surface area contributed by atoms with Crippen molar-refractivity contribution in [2.45, 2.75) is 154 Å². The fraction of sp³-hybridized carbons (Fsp3) is 0.683. The summed E-state index contributed by atoms with van der Waals surface area (Å²) in [5.41, 5.74) is 22.0. The standard InChI is InChI=1S/C41H70N12O16/c1-7-20(6)32(53-33(61)21(42)10-12-28(55)56)39(67)51-26(17-30(59)60)38(66)47-22(9-8-14-46-41(44)45)34(62)49-24(15-18(2)3)36(64)50-25(16-27(43)54)37(65)48-23(11-13-29(57)58)35(63)52-31(19(4)5)40(68)69/h18-26,31-32H,7-17,42H2,1-6H3,(H2,43,54)(H,47,66)(H,48,65)(H,49,62)(H,50,64)(H,51,67)(H,52,63)(H,53,61)(H,55,56)(H,57,58)(H,59,60)(H,68,69)(H4,44,45,46)/t20-,21-,22-,23-,24-,25-,26-,31-,32-/m0/s1. The highest BCUT2D eigenvalue weighted by molar-refractivity contribution is 5.99. The topological polar surface area (TPSA) is 486 Å². The van der Waals surface area contributed by atoms with Gasteiger partial charge in [-0.3, -0.25) is 57.7 Å². The maximum atomic E-state index is 14.0. The average molecular weight is 987 g/mol. The third kappa shape index (κ3) is 25.0. The lowest BCUT2D eigenvalue weighted by molar-refractivity contribution is -0.144. The summed E-state index contributed by atoms with van der Waals surface area (Å²) in [6, 6.07) is -12.7. The van der Waals surface area contributed by atoms with Crippen molar-refractivity contribution in [3.8, 4) is 0 Å². The van der Waals surface area contributed by atoms with E-state index in [-0.39, 0.29) is 50.5 Å². The molecule has 0 aliphatic carbocycles. The number of aliphatic carboxylic acids is 4. The highest BCUT2D eigenvalue weighted by Gasteiger charge is 2.36. The molecule has 0 bridgehead atoms. The van der Waals surface area contributed by atoms with Crippen LogP contribution in [0.25, 0.3) is 0 Å². The van der Waals surface area contributed by atoms with Crippen molar-refractivity contribution in [3.63, 3.8) is 0 Å². The average Bonchev–Trinajstić information content (AvgIpc) is 3.23. The fourth-order valence-electron chi connectivity index (χ4n) is 6.30. The van der Waals surface area contributed by atoms with Crippen LogP contribution in [0, 0.1) is 17.8 Å². The molecule has 0 aromatic rings. The number of carbonyl (C=O) groups excluding carboxylic acids is 8. The molecule has 0 aliphatic heterocycles. The molecule has 0 heterocycles. The molecule has 0 unspecified atom stereocenters. The number of hydrogen-bond donors (Lipinski definition) is 15. The summed E-state index contributed by atoms with van der Waals surface area (Å²) in [5.74, 6) is -16.2. The summed E-state index contributed by atoms with van der Waals surface area (Å²) in [6.45, 7) is 9.42. The molecule has 0 spiro atoms. The van der Waals surface area contributed by atoms with Crippen LogP contribution in [0.2, 0.25) is 0 Å². The summed E-state index contributed by atoms with van der Waals surface area (Å²) >= 11 is 0. The number of rotatable bonds is 34. The van der Waals surface area contributed by atoms with E-state index in [1.54, 1.807) is 27.7 Å². The molecule has 0 radical (unpaired) electrons. The van der Waals surface area contributed by atoms with Crippen molar-refractivity contribution >= 4 is 77.1 Å². The van der Waals surface area contributed by atoms with E-state index in [1.807, 2.05) is 0 Å². The third-order valence-electron chi connectivity index (χ3n) is 10.3. The second kappa shape index (κ2) is 31.0. The van der Waals surface area contributed by atoms with Gasteiger partial charge in [0.2, 0.25) is 47.3 Å². The largest absolute Gasteiger partial charge is 0.481 e. The predicted octanol–water partition coefficient (Wildman–Crippen LogP) is -4.33. The maximum absolute atomic E-state index is 14.0. The number of aliphatic imine (C=N–C) groups is 1. The van der Waals surface area contributed by atoms with Crippen LogP contribution in [0.1, 0.15) is 106 Å². The van der Waals surface area contributed by atoms with Crippen LogP contribution in [0.3, 0.4) is 0 Å². The van der Waals surface area contributed by atoms with Crippen molar-refractivity contribution in [3.05, 3.63) is 0 Å². The van der Waals surface area contributed by atoms with Crippen LogP contribution in [-0.4, -0.2) is 152 Å². The highest BCUT2D eigenvalue weighted by Crippen LogP contribution is 2.13. The Morgan fingerprint density at radius 1 is 0.507 bits per heavy atom. The number of carboxylic acids is 4. The number of amides is 8. The number of nitrogens with one attached hydrogen (secondary N) is 7. The van der Waals surface area contributed by atoms with Gasteiger partial charge in [0.1, 0.15) is 42.3 Å². The van der Waals surface area contributed by atoms with Gasteiger partial charge in [-0.05, 0) is 49.9 Å². The smallest absolute Gasteiger partial charge is 0.326 e. The van der Waals surface area contributed by atoms with Crippen molar-refractivity contribution in [2.75, 3.05) is 6.54 Å². The normalized spacial score (nSPS) is 14.9. The molecular formula is C41H70N12O16. The third-order valence-corrected chi connectivity index (χ3v) is 10.3. The van der Waals surface area contributed by atoms with Gasteiger partial charge in [-0.1, -0.05) is 48.0 Å². The predicted molar refractivity (Wildman–Crippen MR) is 243 cm³/mol. The zero-order valence-electron chi connectivity index (χ0n) is 39.6. The number of nitrogens with zero attached hydrogens (tertiary/aromatic N) is 1. The summed E-state index contributed by atoms with van der Waals surface area (Å²) in [6.07, 6.45) is -3.98. The van der Waals surface area contributed by atoms with Gasteiger partial charge in [0.25, 0.3) is 0 Å². The SMILES string of the molecule is CC[C@H](C)[C@H](NC(=O)[C@@H](N)CCC(=O)O)C(=O)N[C@@H](CC(=O)O)C(=O)N[C@@H](CCCN=C(N)N)C(=O)N[C@@H](CC(C)C)C(=O)N[C@@H](CC(N)=O)C(=O)N[C@@H](CCC(=O)O)C(=O)N[C@H](C(=O)O)C(C)C. The summed E-state index contributed by atoms with van der Waals surface area (Å²) < 4.78 is 0. The second-order valence-corrected chi connectivity index (χ2v) is 17.1. The van der Waals surface area contributed by atoms with Crippen molar-refractivity contribution in [2.24, 2.45) is 45.7 Å². The van der Waals surface area contributed by atoms with E-state index in [0.29, 0.717) is 0 Å². The molecule has 0 fully saturated rings. The van der Waals surface area contributed by atoms with Crippen LogP contribution >= 0.6 is 0 Å². The summed E-state index contributed by atoms with van der Waals surface area (Å²) in [5, 5.41) is 53.8. The molecular weight excluding hydrogens is 917 g/mol. The zero-order valence-corrected chi connectivity index (χ0v) is 39.6. The molecule has 0 aliphatic rings. The van der Waals surface area contributed by atoms with Crippen LogP contribution in [-0.2, 0) is 57.5 Å². The minimum absolute atomic E-state index is 0.000615. The quantitative estimate of drug-likeness (QED) is 0.0165. The molecule has 9 atom stereocenters. The number of guanidine groups is 1. The second-order valence-electron chi connectivity index (χ2n) is 17.1. The first kappa shape index (κ1) is 61.9. The molecule has 390 valence electrons. The monoisotopic (exact) mass is 987 g/mol. The Morgan fingerprint density at radius 3 is 1.41 bits per heavy atom. The summed E-state index contributed by atoms with van der Waals surface area (Å²) in [7, 11) is 0. The van der Waals surface area contributed by atoms with E-state index in [4.69, 9.17) is 28.0 Å². The van der Waals surface area contributed by atoms with Gasteiger partial charge in [-0.25, -0.2) is 4.79 Å². The van der Waals surface area contributed by atoms with E-state index in [1.165, 1.54) is 13.8 Å². The lowest BCUT2D eigenvalue weighted by Crippen LogP contribution is -2.61. The molecule has 0 saturated carbocycles. The first-order valence-electron chi connectivity index (χ1n) is 22.1. The van der Waals surface area contributed by atoms with Gasteiger partial charge < -0.3 is 80.6 Å². The first-order valence-corrected chi connectivity index (χ1v) is 22.1. The molecule has 0 aromatic heterocycles. The number of hydrogen-bond acceptors (Lipinski definition) is 14. The lowest BCUT2D eigenvalue weighted by atomic mass is 9.97. The Morgan fingerprint density at radius 2 is 0.942 bits per heavy atom. The van der Waals surface area contributed by atoms with E-state index < -0.39 is 163 Å². The number of primary amides is 1. The Kier molecular flexibility index (Phi) is 27.8. The fourth-order valence-corrected chi connectivity index (χ4v) is 6.30. The van der Waals surface area contributed by atoms with Crippen LogP contribution < -0.4 is 60.2 Å². The van der Waals surface area contributed by atoms with Crippen LogP contribution in [0.15, 0.2) is 4.99 Å². The number of carbonyl (C=O) groups is 12. The van der Waals surface area contributed by atoms with Gasteiger partial charge in [-0.15, -0.1) is 0 Å². The maximum Gasteiger partial charge on any atom is 0.326 e. The summed E-state index contributed by atoms with van der Waals surface area (Å²) in [4.78, 5) is 157. The minimum atomic E-state index is -1.88. The first-order chi connectivity index (χ1) is 32.0. The van der Waals surface area contributed by atoms with E-state index >= 15 is 0 Å². The Labute approximate surface area is 398 Å². The molecule has 0 rings (SSSR count). The van der Waals surface area contributed by atoms with Gasteiger partial charge >= 0.3 is 23.9 Å².